The van der Waals surface area contributed by atoms with Crippen molar-refractivity contribution in [2.45, 2.75) is 123 Å². The molecule has 2 amide bonds. The molecular weight excluding hydrogens is 1120 g/mol. The van der Waals surface area contributed by atoms with Crippen LogP contribution in [0.15, 0.2) is 77.3 Å². The maximum absolute atomic E-state index is 16.3. The molecule has 4 aromatic carbocycles. The molecule has 0 radical (unpaired) electrons. The minimum absolute atomic E-state index is 0.000717. The Morgan fingerprint density at radius 3 is 2.40 bits per heavy atom. The molecule has 0 bridgehead atoms. The van der Waals surface area contributed by atoms with Gasteiger partial charge in [-0.15, -0.1) is 11.3 Å². The first kappa shape index (κ1) is 57.2. The van der Waals surface area contributed by atoms with Gasteiger partial charge in [0.2, 0.25) is 11.8 Å². The van der Waals surface area contributed by atoms with E-state index in [4.69, 9.17) is 29.3 Å². The third-order valence-electron chi connectivity index (χ3n) is 17.7. The summed E-state index contributed by atoms with van der Waals surface area (Å²) in [5.74, 6) is -0.305. The van der Waals surface area contributed by atoms with Gasteiger partial charge in [0.25, 0.3) is 5.56 Å². The van der Waals surface area contributed by atoms with Crippen LogP contribution < -0.4 is 25.2 Å². The second-order valence-electron chi connectivity index (χ2n) is 24.1. The third kappa shape index (κ3) is 10.8. The number of fused-ring (bicyclic) bond motifs is 5. The van der Waals surface area contributed by atoms with Crippen LogP contribution in [0.25, 0.3) is 65.2 Å². The molecule has 1 saturated carbocycles. The number of H-pyrrole nitrogens is 2. The summed E-state index contributed by atoms with van der Waals surface area (Å²) in [5, 5.41) is 39.3. The molecule has 20 nitrogen and oxygen atoms in total. The van der Waals surface area contributed by atoms with Crippen LogP contribution >= 0.6 is 11.3 Å². The number of carbonyl (C=O) groups is 2. The maximum Gasteiger partial charge on any atom is 0.319 e. The number of aromatic amines is 2. The van der Waals surface area contributed by atoms with Crippen LogP contribution in [0.3, 0.4) is 0 Å². The van der Waals surface area contributed by atoms with Crippen LogP contribution in [-0.2, 0) is 20.9 Å². The van der Waals surface area contributed by atoms with Crippen LogP contribution in [-0.4, -0.2) is 149 Å². The lowest BCUT2D eigenvalue weighted by Crippen LogP contribution is -2.50. The van der Waals surface area contributed by atoms with Crippen molar-refractivity contribution < 1.29 is 38.4 Å². The van der Waals surface area contributed by atoms with Crippen LogP contribution in [0.4, 0.5) is 10.2 Å². The number of aliphatic hydroxyl groups is 2. The normalized spacial score (nSPS) is 18.8. The molecule has 13 rings (SSSR count). The second-order valence-corrected chi connectivity index (χ2v) is 25.0. The monoisotopic (exact) mass is 1190 g/mol. The van der Waals surface area contributed by atoms with E-state index in [0.717, 1.165) is 88.4 Å². The van der Waals surface area contributed by atoms with Crippen molar-refractivity contribution in [2.24, 2.45) is 5.92 Å². The molecule has 4 unspecified atom stereocenters. The van der Waals surface area contributed by atoms with Gasteiger partial charge in [0.15, 0.2) is 11.3 Å². The van der Waals surface area contributed by atoms with Crippen LogP contribution in [0.1, 0.15) is 106 Å². The fourth-order valence-corrected chi connectivity index (χ4v) is 13.7. The maximum atomic E-state index is 16.3. The second kappa shape index (κ2) is 23.4. The highest BCUT2D eigenvalue weighted by Crippen LogP contribution is 2.53. The quantitative estimate of drug-likeness (QED) is 0.0572. The number of aliphatic hydroxyl groups excluding tert-OH is 2. The van der Waals surface area contributed by atoms with E-state index in [2.05, 4.69) is 55.2 Å². The number of aryl methyl sites for hydroxylation is 1. The summed E-state index contributed by atoms with van der Waals surface area (Å²) in [5.41, 5.74) is 9.20. The number of ether oxygens (including phenoxy) is 3. The van der Waals surface area contributed by atoms with Gasteiger partial charge in [0.05, 0.1) is 59.8 Å². The van der Waals surface area contributed by atoms with E-state index in [1.54, 1.807) is 24.8 Å². The van der Waals surface area contributed by atoms with Crippen LogP contribution in [0.2, 0.25) is 0 Å². The fraction of sp³-hybridized carbons (Fsp3) is 0.438. The molecule has 3 saturated heterocycles. The molecule has 448 valence electrons. The van der Waals surface area contributed by atoms with Crippen molar-refractivity contribution in [1.29, 1.82) is 0 Å². The summed E-state index contributed by atoms with van der Waals surface area (Å²) in [6.07, 6.45) is 5.58. The van der Waals surface area contributed by atoms with E-state index in [1.165, 1.54) is 27.0 Å². The number of rotatable bonds is 17. The zero-order chi connectivity index (χ0) is 59.7. The van der Waals surface area contributed by atoms with Crippen molar-refractivity contribution in [1.82, 2.24) is 55.0 Å². The fourth-order valence-electron chi connectivity index (χ4n) is 12.9. The topological polar surface area (TPSA) is 242 Å². The summed E-state index contributed by atoms with van der Waals surface area (Å²) in [6, 6.07) is 14.8. The Morgan fingerprint density at radius 2 is 1.69 bits per heavy atom. The largest absolute Gasteiger partial charge is 0.486 e. The number of hydrogen-bond acceptors (Lipinski definition) is 16. The van der Waals surface area contributed by atoms with E-state index in [-0.39, 0.29) is 54.9 Å². The Hall–Kier alpha value is -7.89. The number of β-amino-alcohol motifs (C(OH)–C–C–N with tert-alkyl or cyclic N) is 1. The molecule has 22 heteroatoms. The molecule has 8 heterocycles. The van der Waals surface area contributed by atoms with Gasteiger partial charge in [-0.25, -0.2) is 9.37 Å². The number of nitrogens with zero attached hydrogens (tertiary/aromatic N) is 9. The first-order valence-corrected chi connectivity index (χ1v) is 30.8. The van der Waals surface area contributed by atoms with E-state index >= 15 is 4.39 Å². The highest BCUT2D eigenvalue weighted by atomic mass is 32.1. The summed E-state index contributed by atoms with van der Waals surface area (Å²) in [4.78, 5) is 68.2. The van der Waals surface area contributed by atoms with Gasteiger partial charge in [0, 0.05) is 102 Å². The Balaban J connectivity index is 0.838. The van der Waals surface area contributed by atoms with Gasteiger partial charge < -0.3 is 44.5 Å². The molecule has 4 fully saturated rings. The number of benzene rings is 4. The summed E-state index contributed by atoms with van der Waals surface area (Å²) in [6.45, 7) is 15.8. The van der Waals surface area contributed by atoms with E-state index in [9.17, 15) is 24.6 Å². The molecule has 5 N–H and O–H groups in total. The molecule has 5 aromatic heterocycles. The Bertz CT molecular complexity index is 4110. The van der Waals surface area contributed by atoms with Gasteiger partial charge in [-0.3, -0.25) is 29.1 Å². The van der Waals surface area contributed by atoms with Crippen molar-refractivity contribution >= 4 is 72.6 Å². The highest BCUT2D eigenvalue weighted by molar-refractivity contribution is 7.13. The lowest BCUT2D eigenvalue weighted by Gasteiger charge is -2.38. The summed E-state index contributed by atoms with van der Waals surface area (Å²) in [7, 11) is 0. The van der Waals surface area contributed by atoms with Crippen LogP contribution in [0.5, 0.6) is 11.8 Å². The van der Waals surface area contributed by atoms with Crippen molar-refractivity contribution in [3.8, 4) is 33.3 Å². The molecule has 1 aliphatic carbocycles. The first-order chi connectivity index (χ1) is 41.6. The van der Waals surface area contributed by atoms with Gasteiger partial charge in [-0.05, 0) is 98.4 Å². The van der Waals surface area contributed by atoms with Gasteiger partial charge in [0.1, 0.15) is 41.9 Å². The van der Waals surface area contributed by atoms with Crippen molar-refractivity contribution in [2.75, 3.05) is 57.4 Å². The summed E-state index contributed by atoms with van der Waals surface area (Å²) >= 11 is 1.53. The molecule has 86 heavy (non-hydrogen) atoms. The highest BCUT2D eigenvalue weighted by Gasteiger charge is 2.44. The average molecular weight is 1190 g/mol. The van der Waals surface area contributed by atoms with Crippen molar-refractivity contribution in [3.05, 3.63) is 117 Å². The summed E-state index contributed by atoms with van der Waals surface area (Å²) < 4.78 is 37.4. The minimum atomic E-state index is -1.04. The van der Waals surface area contributed by atoms with Gasteiger partial charge in [-0.1, -0.05) is 50.2 Å². The molecule has 4 aliphatic rings. The molecule has 4 atom stereocenters. The molecule has 9 aromatic rings. The third-order valence-corrected chi connectivity index (χ3v) is 18.7. The van der Waals surface area contributed by atoms with E-state index in [1.807, 2.05) is 63.2 Å². The van der Waals surface area contributed by atoms with E-state index in [0.29, 0.717) is 81.9 Å². The lowest BCUT2D eigenvalue weighted by atomic mass is 9.88. The Labute approximate surface area is 499 Å². The predicted octanol–water partition coefficient (Wildman–Crippen LogP) is 8.80. The minimum Gasteiger partial charge on any atom is -0.486 e. The molecular formula is C64H71FN12O8S. The number of likely N-dealkylation sites (tertiary alicyclic amines) is 1. The Kier molecular flexibility index (Phi) is 15.6. The number of carbonyl (C=O) groups excluding carboxylic acids is 2. The zero-order valence-corrected chi connectivity index (χ0v) is 49.9. The number of thiazole rings is 1. The number of anilines is 1. The lowest BCUT2D eigenvalue weighted by molar-refractivity contribution is -0.142. The average Bonchev–Trinajstić information content (AvgIpc) is 1.54. The number of aromatic nitrogens is 8. The number of pyridine rings is 1. The van der Waals surface area contributed by atoms with Crippen molar-refractivity contribution in [3.63, 3.8) is 0 Å². The zero-order valence-electron chi connectivity index (χ0n) is 49.1. The number of halogens is 1. The SMILES string of the molecule is Cc1ncsc1-c1ccc(C(CO)NC(=O)C2CC(O)CN2C(=O)C(C(C)C)n2cc3c(n2)c(=O)[nH]c2cc(COc4c(-c5c(C)c(F)cc6[nH]ncc56)c(C5CC5)cc5c(N6CCN(C(C)C)CC6)nc(OC6CCOCC6)nc45)ccc23)cc1. The van der Waals surface area contributed by atoms with Gasteiger partial charge in [-0.2, -0.15) is 20.2 Å². The number of piperazine rings is 1. The first-order valence-electron chi connectivity index (χ1n) is 29.9. The van der Waals surface area contributed by atoms with E-state index < -0.39 is 48.2 Å². The number of amides is 2. The molecule has 0 spiro atoms. The van der Waals surface area contributed by atoms with Crippen LogP contribution in [0, 0.1) is 25.6 Å². The molecule has 3 aliphatic heterocycles. The number of nitrogens with one attached hydrogen (secondary N) is 3. The smallest absolute Gasteiger partial charge is 0.319 e. The standard InChI is InChI=1S/C64H71FN12O8S/c1-33(2)57(63(82)76-28-41(79)24-52(76)61(80)69-51(30-78)39-10-12-40(13-11-39)59-36(6)66-32-86-59)77-29-47-43-14-7-37(23-49(43)68-62(81)56(47)73-77)31-84-58-54(53-35(5)48(65)26-50-46(53)27-67-72-50)44(38-8-9-38)25-45-55(58)70-64(85-42-15-21-83-22-16-42)71-60(45)75-19-17-74(18-20-75)34(3)4/h7,10-14,23,25-27,29,32-34,38,41-42,51-52,57,78-79H,8-9,15-22,24,28,30-31H2,1-6H3,(H,67,72)(H,68,81)(H,69,80). The Morgan fingerprint density at radius 1 is 0.907 bits per heavy atom. The predicted molar refractivity (Wildman–Crippen MR) is 327 cm³/mol. The number of hydrogen-bond donors (Lipinski definition) is 5. The van der Waals surface area contributed by atoms with Gasteiger partial charge >= 0.3 is 6.01 Å².